The number of carbonyl (C=O) groups excluding carboxylic acids is 2. The van der Waals surface area contributed by atoms with Gasteiger partial charge in [-0.25, -0.2) is 0 Å². The van der Waals surface area contributed by atoms with E-state index < -0.39 is 41.4 Å². The largest absolute Gasteiger partial charge is 0.431 e. The van der Waals surface area contributed by atoms with Crippen LogP contribution in [-0.2, 0) is 22.3 Å². The summed E-state index contributed by atoms with van der Waals surface area (Å²) >= 11 is 0. The lowest BCUT2D eigenvalue weighted by molar-refractivity contribution is -0.146. The zero-order chi connectivity index (χ0) is 17.2. The Labute approximate surface area is 128 Å². The summed E-state index contributed by atoms with van der Waals surface area (Å²) in [5.74, 6) is -1.82. The number of ether oxygens (including phenoxy) is 1. The molecule has 0 radical (unpaired) electrons. The van der Waals surface area contributed by atoms with E-state index in [1.165, 1.54) is 4.90 Å². The molecule has 1 fully saturated rings. The topological polar surface area (TPSA) is 94.6 Å². The molecule has 0 aliphatic carbocycles. The number of nitrogens with two attached hydrogens (primary N) is 1. The van der Waals surface area contributed by atoms with Crippen molar-refractivity contribution in [3.8, 4) is 0 Å². The van der Waals surface area contributed by atoms with Crippen LogP contribution in [0.4, 0.5) is 13.2 Å². The molecular weight excluding hydrogens is 319 g/mol. The lowest BCUT2D eigenvalue weighted by atomic mass is 10.2. The van der Waals surface area contributed by atoms with Crippen LogP contribution in [0, 0.1) is 0 Å². The molecule has 2 amide bonds. The third-order valence-corrected chi connectivity index (χ3v) is 3.39. The fourth-order valence-electron chi connectivity index (χ4n) is 2.22. The lowest BCUT2D eigenvalue weighted by Gasteiger charge is -2.27. The third-order valence-electron chi connectivity index (χ3n) is 3.39. The first-order chi connectivity index (χ1) is 10.7. The summed E-state index contributed by atoms with van der Waals surface area (Å²) in [6.07, 6.45) is -4.85. The van der Waals surface area contributed by atoms with E-state index in [1.807, 2.05) is 0 Å². The smallest absolute Gasteiger partial charge is 0.378 e. The number of halogens is 3. The Kier molecular flexibility index (Phi) is 4.73. The van der Waals surface area contributed by atoms with E-state index in [4.69, 9.17) is 10.5 Å². The van der Waals surface area contributed by atoms with Gasteiger partial charge in [0.2, 0.25) is 5.91 Å². The van der Waals surface area contributed by atoms with Crippen LogP contribution in [0.5, 0.6) is 0 Å². The first-order valence-electron chi connectivity index (χ1n) is 6.68. The van der Waals surface area contributed by atoms with Crippen molar-refractivity contribution in [1.29, 1.82) is 0 Å². The monoisotopic (exact) mass is 333 g/mol. The van der Waals surface area contributed by atoms with Crippen molar-refractivity contribution in [3.63, 3.8) is 0 Å². The fourth-order valence-corrected chi connectivity index (χ4v) is 2.22. The fraction of sp³-hybridized carbons (Fsp3) is 0.462. The number of rotatable bonds is 3. The van der Waals surface area contributed by atoms with Gasteiger partial charge in [-0.15, -0.1) is 0 Å². The van der Waals surface area contributed by atoms with E-state index in [0.29, 0.717) is 12.1 Å². The number of morpholine rings is 1. The van der Waals surface area contributed by atoms with Crippen LogP contribution in [0.25, 0.3) is 0 Å². The van der Waals surface area contributed by atoms with Crippen molar-refractivity contribution >= 4 is 11.8 Å². The average molecular weight is 333 g/mol. The van der Waals surface area contributed by atoms with Gasteiger partial charge in [0.25, 0.3) is 11.5 Å². The predicted molar refractivity (Wildman–Crippen MR) is 71.6 cm³/mol. The molecule has 1 aliphatic rings. The Morgan fingerprint density at radius 1 is 1.22 bits per heavy atom. The van der Waals surface area contributed by atoms with E-state index in [-0.39, 0.29) is 30.9 Å². The van der Waals surface area contributed by atoms with Crippen molar-refractivity contribution in [2.75, 3.05) is 26.3 Å². The minimum absolute atomic E-state index is 0.227. The molecule has 126 valence electrons. The SMILES string of the molecule is NC(=O)c1ccc(C(F)(F)F)n(CC(=O)N2CCOCC2)c1=O. The van der Waals surface area contributed by atoms with Crippen molar-refractivity contribution in [1.82, 2.24) is 9.47 Å². The second kappa shape index (κ2) is 6.41. The third kappa shape index (κ3) is 3.70. The molecule has 7 nitrogen and oxygen atoms in total. The van der Waals surface area contributed by atoms with Gasteiger partial charge in [-0.3, -0.25) is 19.0 Å². The molecule has 0 bridgehead atoms. The minimum Gasteiger partial charge on any atom is -0.378 e. The maximum Gasteiger partial charge on any atom is 0.431 e. The molecule has 0 unspecified atom stereocenters. The van der Waals surface area contributed by atoms with E-state index in [0.717, 1.165) is 0 Å². The molecule has 0 saturated carbocycles. The quantitative estimate of drug-likeness (QED) is 0.830. The Morgan fingerprint density at radius 3 is 2.35 bits per heavy atom. The normalized spacial score (nSPS) is 15.5. The van der Waals surface area contributed by atoms with Crippen LogP contribution < -0.4 is 11.3 Å². The van der Waals surface area contributed by atoms with Crippen LogP contribution in [0.1, 0.15) is 16.1 Å². The molecule has 2 N–H and O–H groups in total. The molecule has 1 aromatic heterocycles. The summed E-state index contributed by atoms with van der Waals surface area (Å²) < 4.78 is 44.4. The number of aromatic nitrogens is 1. The standard InChI is InChI=1S/C13H14F3N3O4/c14-13(15,16)9-2-1-8(11(17)21)12(22)19(9)7-10(20)18-3-5-23-6-4-18/h1-2H,3-7H2,(H2,17,21). The highest BCUT2D eigenvalue weighted by molar-refractivity contribution is 5.92. The molecule has 1 aliphatic heterocycles. The molecule has 23 heavy (non-hydrogen) atoms. The highest BCUT2D eigenvalue weighted by atomic mass is 19.4. The van der Waals surface area contributed by atoms with Gasteiger partial charge >= 0.3 is 6.18 Å². The molecule has 1 saturated heterocycles. The first-order valence-corrected chi connectivity index (χ1v) is 6.68. The minimum atomic E-state index is -4.85. The average Bonchev–Trinajstić information content (AvgIpc) is 2.48. The number of pyridine rings is 1. The summed E-state index contributed by atoms with van der Waals surface area (Å²) in [6, 6.07) is 1.28. The highest BCUT2D eigenvalue weighted by Crippen LogP contribution is 2.28. The Hall–Kier alpha value is -2.36. The van der Waals surface area contributed by atoms with E-state index in [2.05, 4.69) is 0 Å². The maximum atomic E-state index is 13.0. The van der Waals surface area contributed by atoms with E-state index in [1.54, 1.807) is 0 Å². The van der Waals surface area contributed by atoms with Gasteiger partial charge < -0.3 is 15.4 Å². The van der Waals surface area contributed by atoms with Gasteiger partial charge in [-0.2, -0.15) is 13.2 Å². The zero-order valence-electron chi connectivity index (χ0n) is 11.9. The van der Waals surface area contributed by atoms with Crippen molar-refractivity contribution in [2.45, 2.75) is 12.7 Å². The number of nitrogens with zero attached hydrogens (tertiary/aromatic N) is 2. The second-order valence-electron chi connectivity index (χ2n) is 4.88. The van der Waals surface area contributed by atoms with Gasteiger partial charge in [0.05, 0.1) is 13.2 Å². The number of primary amides is 1. The second-order valence-corrected chi connectivity index (χ2v) is 4.88. The van der Waals surface area contributed by atoms with Crippen LogP contribution in [-0.4, -0.2) is 47.6 Å². The van der Waals surface area contributed by atoms with Crippen LogP contribution in [0.2, 0.25) is 0 Å². The van der Waals surface area contributed by atoms with E-state index >= 15 is 0 Å². The maximum absolute atomic E-state index is 13.0. The van der Waals surface area contributed by atoms with Gasteiger partial charge in [0.1, 0.15) is 17.8 Å². The summed E-state index contributed by atoms with van der Waals surface area (Å²) in [7, 11) is 0. The Balaban J connectivity index is 2.41. The van der Waals surface area contributed by atoms with Crippen LogP contribution in [0.15, 0.2) is 16.9 Å². The summed E-state index contributed by atoms with van der Waals surface area (Å²) in [5, 5.41) is 0. The van der Waals surface area contributed by atoms with E-state index in [9.17, 15) is 27.6 Å². The van der Waals surface area contributed by atoms with Crippen molar-refractivity contribution in [2.24, 2.45) is 5.73 Å². The van der Waals surface area contributed by atoms with Crippen LogP contribution >= 0.6 is 0 Å². The van der Waals surface area contributed by atoms with Crippen LogP contribution in [0.3, 0.4) is 0 Å². The number of hydrogen-bond donors (Lipinski definition) is 1. The van der Waals surface area contributed by atoms with Crippen molar-refractivity contribution in [3.05, 3.63) is 33.7 Å². The molecule has 2 heterocycles. The summed E-state index contributed by atoms with van der Waals surface area (Å²) in [6.45, 7) is 0.172. The number of alkyl halides is 3. The molecular formula is C13H14F3N3O4. The molecule has 0 atom stereocenters. The number of carbonyl (C=O) groups is 2. The predicted octanol–water partition coefficient (Wildman–Crippen LogP) is -0.175. The molecule has 0 spiro atoms. The van der Waals surface area contributed by atoms with Gasteiger partial charge in [0, 0.05) is 13.1 Å². The highest BCUT2D eigenvalue weighted by Gasteiger charge is 2.36. The Bertz CT molecular complexity index is 678. The van der Waals surface area contributed by atoms with Gasteiger partial charge in [-0.05, 0) is 12.1 Å². The van der Waals surface area contributed by atoms with Crippen molar-refractivity contribution < 1.29 is 27.5 Å². The zero-order valence-corrected chi connectivity index (χ0v) is 11.9. The summed E-state index contributed by atoms with van der Waals surface area (Å²) in [5.41, 5.74) is 1.81. The van der Waals surface area contributed by atoms with Gasteiger partial charge in [-0.1, -0.05) is 0 Å². The Morgan fingerprint density at radius 2 is 1.83 bits per heavy atom. The number of hydrogen-bond acceptors (Lipinski definition) is 4. The van der Waals surface area contributed by atoms with Gasteiger partial charge in [0.15, 0.2) is 0 Å². The molecule has 2 rings (SSSR count). The first kappa shape index (κ1) is 17.0. The summed E-state index contributed by atoms with van der Waals surface area (Å²) in [4.78, 5) is 36.6. The molecule has 10 heteroatoms. The molecule has 1 aromatic rings. The number of amides is 2. The lowest BCUT2D eigenvalue weighted by Crippen LogP contribution is -2.45. The molecule has 0 aromatic carbocycles.